The van der Waals surface area contributed by atoms with Crippen LogP contribution >= 0.6 is 11.3 Å². The molecule has 21 heavy (non-hydrogen) atoms. The van der Waals surface area contributed by atoms with E-state index in [4.69, 9.17) is 0 Å². The summed E-state index contributed by atoms with van der Waals surface area (Å²) >= 11 is 1.52. The van der Waals surface area contributed by atoms with Gasteiger partial charge in [0.25, 0.3) is 0 Å². The first-order valence-corrected chi connectivity index (χ1v) is 8.22. The van der Waals surface area contributed by atoms with Crippen molar-refractivity contribution in [1.29, 1.82) is 0 Å². The minimum Gasteiger partial charge on any atom is -0.391 e. The Kier molecular flexibility index (Phi) is 5.76. The van der Waals surface area contributed by atoms with Crippen molar-refractivity contribution in [2.75, 3.05) is 0 Å². The Morgan fingerprint density at radius 2 is 2.19 bits per heavy atom. The van der Waals surface area contributed by atoms with Gasteiger partial charge in [-0.1, -0.05) is 18.9 Å². The molecule has 1 heterocycles. The molecule has 1 aromatic heterocycles. The fraction of sp³-hybridized carbons (Fsp3) is 0.600. The third-order valence-corrected chi connectivity index (χ3v) is 4.72. The Bertz CT molecular complexity index is 475. The predicted octanol–water partition coefficient (Wildman–Crippen LogP) is 1.74. The monoisotopic (exact) mass is 310 g/mol. The smallest absolute Gasteiger partial charge is 0.222 e. The second kappa shape index (κ2) is 7.56. The Morgan fingerprint density at radius 1 is 1.43 bits per heavy atom. The molecule has 0 radical (unpaired) electrons. The highest BCUT2D eigenvalue weighted by atomic mass is 32.1. The molecule has 1 saturated carbocycles. The van der Waals surface area contributed by atoms with Gasteiger partial charge >= 0.3 is 0 Å². The molecule has 0 saturated heterocycles. The van der Waals surface area contributed by atoms with Gasteiger partial charge in [-0.3, -0.25) is 9.59 Å². The molecule has 0 spiro atoms. The first-order valence-electron chi connectivity index (χ1n) is 7.34. The van der Waals surface area contributed by atoms with Crippen LogP contribution in [0, 0.1) is 0 Å². The van der Waals surface area contributed by atoms with Crippen LogP contribution in [-0.4, -0.2) is 29.1 Å². The quantitative estimate of drug-likeness (QED) is 0.775. The second-order valence-electron chi connectivity index (χ2n) is 5.50. The number of aliphatic hydroxyl groups excluding tert-OH is 1. The summed E-state index contributed by atoms with van der Waals surface area (Å²) < 4.78 is 0. The highest BCUT2D eigenvalue weighted by Gasteiger charge is 2.26. The minimum absolute atomic E-state index is 0.131. The minimum atomic E-state index is -0.455. The number of hydrogen-bond acceptors (Lipinski definition) is 4. The summed E-state index contributed by atoms with van der Waals surface area (Å²) in [6, 6.07) is 3.35. The van der Waals surface area contributed by atoms with Crippen molar-refractivity contribution < 1.29 is 14.7 Å². The van der Waals surface area contributed by atoms with Crippen LogP contribution in [0.15, 0.2) is 17.5 Å². The molecule has 1 fully saturated rings. The number of nitrogens with one attached hydrogen (secondary N) is 2. The van der Waals surface area contributed by atoms with Crippen LogP contribution in [0.2, 0.25) is 0 Å². The number of carbonyl (C=O) groups is 2. The molecule has 1 unspecified atom stereocenters. The zero-order chi connectivity index (χ0) is 15.2. The van der Waals surface area contributed by atoms with Crippen LogP contribution in [-0.2, 0) is 9.59 Å². The summed E-state index contributed by atoms with van der Waals surface area (Å²) in [6.07, 6.45) is 3.34. The molecule has 2 amide bonds. The van der Waals surface area contributed by atoms with E-state index in [0.29, 0.717) is 0 Å². The van der Waals surface area contributed by atoms with E-state index in [9.17, 15) is 14.7 Å². The molecule has 3 atom stereocenters. The predicted molar refractivity (Wildman–Crippen MR) is 81.9 cm³/mol. The summed E-state index contributed by atoms with van der Waals surface area (Å²) in [6.45, 7) is 1.45. The topological polar surface area (TPSA) is 78.4 Å². The molecule has 5 nitrogen and oxygen atoms in total. The third kappa shape index (κ3) is 4.82. The van der Waals surface area contributed by atoms with E-state index >= 15 is 0 Å². The van der Waals surface area contributed by atoms with Gasteiger partial charge in [-0.15, -0.1) is 11.3 Å². The molecule has 0 aliphatic heterocycles. The highest BCUT2D eigenvalue weighted by molar-refractivity contribution is 7.10. The standard InChI is InChI=1S/C15H22N2O3S/c1-10(18)16-12(14-7-4-8-21-14)9-15(20)17-11-5-2-3-6-13(11)19/h4,7-8,11-13,19H,2-3,5-6,9H2,1H3,(H,16,18)(H,17,20)/t11-,12?,13-/m0/s1. The summed E-state index contributed by atoms with van der Waals surface area (Å²) in [7, 11) is 0. The van der Waals surface area contributed by atoms with Crippen molar-refractivity contribution in [2.45, 2.75) is 57.2 Å². The Hall–Kier alpha value is -1.40. The molecule has 0 aromatic carbocycles. The van der Waals surface area contributed by atoms with Crippen molar-refractivity contribution in [3.63, 3.8) is 0 Å². The highest BCUT2D eigenvalue weighted by Crippen LogP contribution is 2.23. The first kappa shape index (κ1) is 16.0. The molecule has 1 aliphatic carbocycles. The Labute approximate surface area is 128 Å². The summed E-state index contributed by atoms with van der Waals surface area (Å²) in [5, 5.41) is 17.5. The van der Waals surface area contributed by atoms with E-state index in [-0.39, 0.29) is 30.3 Å². The molecule has 0 bridgehead atoms. The van der Waals surface area contributed by atoms with Gasteiger partial charge in [0.2, 0.25) is 11.8 Å². The number of hydrogen-bond donors (Lipinski definition) is 3. The van der Waals surface area contributed by atoms with Crippen LogP contribution < -0.4 is 10.6 Å². The molecule has 1 aliphatic rings. The number of amides is 2. The molecule has 6 heteroatoms. The number of thiophene rings is 1. The van der Waals surface area contributed by atoms with Crippen molar-refractivity contribution in [3.05, 3.63) is 22.4 Å². The van der Waals surface area contributed by atoms with Crippen LogP contribution in [0.4, 0.5) is 0 Å². The molecule has 3 N–H and O–H groups in total. The number of aliphatic hydroxyl groups is 1. The van der Waals surface area contributed by atoms with Gasteiger partial charge in [0.15, 0.2) is 0 Å². The Balaban J connectivity index is 1.93. The fourth-order valence-corrected chi connectivity index (χ4v) is 3.47. The van der Waals surface area contributed by atoms with Crippen molar-refractivity contribution >= 4 is 23.2 Å². The lowest BCUT2D eigenvalue weighted by Gasteiger charge is -2.29. The van der Waals surface area contributed by atoms with Crippen LogP contribution in [0.1, 0.15) is 49.9 Å². The first-order chi connectivity index (χ1) is 10.1. The summed E-state index contributed by atoms with van der Waals surface area (Å²) in [5.74, 6) is -0.285. The summed E-state index contributed by atoms with van der Waals surface area (Å²) in [4.78, 5) is 24.4. The molecular formula is C15H22N2O3S. The largest absolute Gasteiger partial charge is 0.391 e. The van der Waals surface area contributed by atoms with Gasteiger partial charge in [0, 0.05) is 11.8 Å². The Morgan fingerprint density at radius 3 is 2.81 bits per heavy atom. The number of carbonyl (C=O) groups excluding carboxylic acids is 2. The maximum absolute atomic E-state index is 12.2. The van der Waals surface area contributed by atoms with E-state index in [1.54, 1.807) is 0 Å². The third-order valence-electron chi connectivity index (χ3n) is 3.73. The molecule has 2 rings (SSSR count). The van der Waals surface area contributed by atoms with Crippen LogP contribution in [0.3, 0.4) is 0 Å². The lowest BCUT2D eigenvalue weighted by Crippen LogP contribution is -2.46. The van der Waals surface area contributed by atoms with Gasteiger partial charge in [-0.25, -0.2) is 0 Å². The van der Waals surface area contributed by atoms with Crippen molar-refractivity contribution in [3.8, 4) is 0 Å². The van der Waals surface area contributed by atoms with Gasteiger partial charge < -0.3 is 15.7 Å². The molecular weight excluding hydrogens is 288 g/mol. The SMILES string of the molecule is CC(=O)NC(CC(=O)N[C@H]1CCCC[C@@H]1O)c1cccs1. The summed E-state index contributed by atoms with van der Waals surface area (Å²) in [5.41, 5.74) is 0. The normalized spacial score (nSPS) is 23.3. The molecule has 116 valence electrons. The second-order valence-corrected chi connectivity index (χ2v) is 6.48. The van der Waals surface area contributed by atoms with Gasteiger partial charge in [0.1, 0.15) is 0 Å². The number of rotatable bonds is 5. The van der Waals surface area contributed by atoms with Gasteiger partial charge in [0.05, 0.1) is 24.6 Å². The lowest BCUT2D eigenvalue weighted by molar-refractivity contribution is -0.124. The maximum Gasteiger partial charge on any atom is 0.222 e. The van der Waals surface area contributed by atoms with Crippen LogP contribution in [0.5, 0.6) is 0 Å². The van der Waals surface area contributed by atoms with E-state index in [1.807, 2.05) is 17.5 Å². The van der Waals surface area contributed by atoms with Crippen molar-refractivity contribution in [1.82, 2.24) is 10.6 Å². The van der Waals surface area contributed by atoms with E-state index in [1.165, 1.54) is 18.3 Å². The van der Waals surface area contributed by atoms with Gasteiger partial charge in [-0.05, 0) is 24.3 Å². The van der Waals surface area contributed by atoms with E-state index < -0.39 is 6.10 Å². The zero-order valence-electron chi connectivity index (χ0n) is 12.2. The van der Waals surface area contributed by atoms with Gasteiger partial charge in [-0.2, -0.15) is 0 Å². The average Bonchev–Trinajstić information content (AvgIpc) is 2.94. The fourth-order valence-electron chi connectivity index (χ4n) is 2.69. The van der Waals surface area contributed by atoms with Crippen molar-refractivity contribution in [2.24, 2.45) is 0 Å². The average molecular weight is 310 g/mol. The van der Waals surface area contributed by atoms with E-state index in [2.05, 4.69) is 10.6 Å². The zero-order valence-corrected chi connectivity index (χ0v) is 13.0. The van der Waals surface area contributed by atoms with E-state index in [0.717, 1.165) is 30.6 Å². The van der Waals surface area contributed by atoms with Crippen LogP contribution in [0.25, 0.3) is 0 Å². The molecule has 1 aromatic rings. The maximum atomic E-state index is 12.2. The lowest BCUT2D eigenvalue weighted by atomic mass is 9.92.